The standard InChI is InChI=1S/C5H5N5OS/c6-3-2-4(8-1-7-2)10(11)5(12)9-3/h1,11H,(H,7,8)(H2,6,9,12). The summed E-state index contributed by atoms with van der Waals surface area (Å²) in [5, 5.41) is 9.28. The first-order valence-corrected chi connectivity index (χ1v) is 3.52. The van der Waals surface area contributed by atoms with Crippen molar-refractivity contribution in [2.75, 3.05) is 5.73 Å². The summed E-state index contributed by atoms with van der Waals surface area (Å²) in [6.07, 6.45) is 1.41. The van der Waals surface area contributed by atoms with Crippen LogP contribution in [-0.4, -0.2) is 24.9 Å². The first-order chi connectivity index (χ1) is 5.70. The summed E-state index contributed by atoms with van der Waals surface area (Å²) >= 11 is 4.70. The summed E-state index contributed by atoms with van der Waals surface area (Å²) in [6.45, 7) is 0. The number of nitrogen functional groups attached to an aromatic ring is 1. The van der Waals surface area contributed by atoms with Gasteiger partial charge in [-0.05, 0) is 12.2 Å². The number of aromatic nitrogens is 4. The molecule has 0 aliphatic carbocycles. The first-order valence-electron chi connectivity index (χ1n) is 3.11. The van der Waals surface area contributed by atoms with Gasteiger partial charge in [-0.1, -0.05) is 0 Å². The lowest BCUT2D eigenvalue weighted by Crippen LogP contribution is -2.02. The van der Waals surface area contributed by atoms with Gasteiger partial charge in [-0.15, -0.1) is 4.73 Å². The summed E-state index contributed by atoms with van der Waals surface area (Å²) < 4.78 is 0.699. The Labute approximate surface area is 71.6 Å². The van der Waals surface area contributed by atoms with Crippen molar-refractivity contribution in [2.24, 2.45) is 0 Å². The minimum absolute atomic E-state index is 0.00731. The fourth-order valence-corrected chi connectivity index (χ4v) is 1.12. The second-order valence-electron chi connectivity index (χ2n) is 2.19. The highest BCUT2D eigenvalue weighted by Crippen LogP contribution is 2.12. The van der Waals surface area contributed by atoms with Crippen LogP contribution in [0.2, 0.25) is 0 Å². The monoisotopic (exact) mass is 183 g/mol. The summed E-state index contributed by atoms with van der Waals surface area (Å²) in [4.78, 5) is 10.2. The van der Waals surface area contributed by atoms with Crippen molar-refractivity contribution in [2.45, 2.75) is 0 Å². The molecular formula is C5H5N5OS. The van der Waals surface area contributed by atoms with Gasteiger partial charge in [0, 0.05) is 0 Å². The molecule has 4 N–H and O–H groups in total. The van der Waals surface area contributed by atoms with Crippen molar-refractivity contribution in [3.05, 3.63) is 11.1 Å². The molecule has 2 rings (SSSR count). The predicted molar refractivity (Wildman–Crippen MR) is 44.3 cm³/mol. The number of hydrogen-bond acceptors (Lipinski definition) is 5. The van der Waals surface area contributed by atoms with Crippen molar-refractivity contribution < 1.29 is 5.21 Å². The van der Waals surface area contributed by atoms with Gasteiger partial charge in [-0.3, -0.25) is 0 Å². The zero-order chi connectivity index (χ0) is 8.72. The van der Waals surface area contributed by atoms with Crippen molar-refractivity contribution in [1.82, 2.24) is 19.7 Å². The molecule has 0 atom stereocenters. The van der Waals surface area contributed by atoms with Crippen molar-refractivity contribution in [3.63, 3.8) is 0 Å². The largest absolute Gasteiger partial charge is 0.424 e. The Bertz CT molecular complexity index is 486. The number of nitrogens with one attached hydrogen (secondary N) is 1. The van der Waals surface area contributed by atoms with E-state index in [2.05, 4.69) is 15.0 Å². The molecule has 0 spiro atoms. The Morgan fingerprint density at radius 2 is 2.42 bits per heavy atom. The zero-order valence-electron chi connectivity index (χ0n) is 5.85. The average molecular weight is 183 g/mol. The molecule has 2 heterocycles. The molecule has 0 amide bonds. The third-order valence-electron chi connectivity index (χ3n) is 1.47. The highest BCUT2D eigenvalue weighted by molar-refractivity contribution is 7.71. The quantitative estimate of drug-likeness (QED) is 0.403. The Morgan fingerprint density at radius 3 is 3.17 bits per heavy atom. The lowest BCUT2D eigenvalue weighted by atomic mass is 10.5. The topological polar surface area (TPSA) is 92.8 Å². The third kappa shape index (κ3) is 0.766. The summed E-state index contributed by atoms with van der Waals surface area (Å²) in [5.41, 5.74) is 6.26. The van der Waals surface area contributed by atoms with Gasteiger partial charge >= 0.3 is 0 Å². The van der Waals surface area contributed by atoms with Gasteiger partial charge in [0.05, 0.1) is 6.33 Å². The second kappa shape index (κ2) is 2.18. The molecule has 2 aromatic heterocycles. The van der Waals surface area contributed by atoms with E-state index in [1.54, 1.807) is 0 Å². The van der Waals surface area contributed by atoms with E-state index in [4.69, 9.17) is 18.0 Å². The fourth-order valence-electron chi connectivity index (χ4n) is 0.933. The summed E-state index contributed by atoms with van der Waals surface area (Å²) in [7, 11) is 0. The van der Waals surface area contributed by atoms with Gasteiger partial charge in [-0.25, -0.2) is 4.98 Å². The maximum absolute atomic E-state index is 9.28. The number of rotatable bonds is 0. The number of hydrogen-bond donors (Lipinski definition) is 3. The maximum Gasteiger partial charge on any atom is 0.237 e. The van der Waals surface area contributed by atoms with Crippen LogP contribution < -0.4 is 5.73 Å². The summed E-state index contributed by atoms with van der Waals surface area (Å²) in [6, 6.07) is 0. The Kier molecular flexibility index (Phi) is 1.28. The van der Waals surface area contributed by atoms with Crippen LogP contribution in [0, 0.1) is 4.77 Å². The molecule has 0 radical (unpaired) electrons. The number of nitrogens with two attached hydrogens (primary N) is 1. The van der Waals surface area contributed by atoms with Gasteiger partial charge in [0.25, 0.3) is 0 Å². The van der Waals surface area contributed by atoms with Crippen LogP contribution in [-0.2, 0) is 0 Å². The van der Waals surface area contributed by atoms with Crippen LogP contribution in [0.15, 0.2) is 6.33 Å². The SMILES string of the molecule is Nc1nc(=S)n(O)c2nc[nH]c12. The van der Waals surface area contributed by atoms with E-state index >= 15 is 0 Å². The van der Waals surface area contributed by atoms with E-state index in [0.29, 0.717) is 10.2 Å². The van der Waals surface area contributed by atoms with E-state index in [1.807, 2.05) is 0 Å². The number of imidazole rings is 1. The van der Waals surface area contributed by atoms with Crippen molar-refractivity contribution in [1.29, 1.82) is 0 Å². The van der Waals surface area contributed by atoms with Gasteiger partial charge < -0.3 is 15.9 Å². The number of aromatic amines is 1. The number of fused-ring (bicyclic) bond motifs is 1. The minimum Gasteiger partial charge on any atom is -0.424 e. The molecule has 2 aromatic rings. The molecule has 62 valence electrons. The lowest BCUT2D eigenvalue weighted by Gasteiger charge is -1.98. The molecule has 0 unspecified atom stereocenters. The molecule has 12 heavy (non-hydrogen) atoms. The van der Waals surface area contributed by atoms with Crippen LogP contribution in [0.25, 0.3) is 11.2 Å². The second-order valence-corrected chi connectivity index (χ2v) is 2.56. The number of nitrogens with zero attached hydrogens (tertiary/aromatic N) is 3. The highest BCUT2D eigenvalue weighted by Gasteiger charge is 2.06. The molecule has 0 bridgehead atoms. The van der Waals surface area contributed by atoms with E-state index in [-0.39, 0.29) is 16.2 Å². The average Bonchev–Trinajstić information content (AvgIpc) is 2.48. The molecule has 6 nitrogen and oxygen atoms in total. The normalized spacial score (nSPS) is 10.7. The zero-order valence-corrected chi connectivity index (χ0v) is 6.67. The van der Waals surface area contributed by atoms with Crippen molar-refractivity contribution >= 4 is 29.2 Å². The van der Waals surface area contributed by atoms with E-state index < -0.39 is 0 Å². The van der Waals surface area contributed by atoms with Gasteiger partial charge in [-0.2, -0.15) is 4.98 Å². The Hall–Kier alpha value is -1.63. The first kappa shape index (κ1) is 7.04. The molecule has 0 saturated carbocycles. The lowest BCUT2D eigenvalue weighted by molar-refractivity contribution is 0.188. The molecule has 0 aromatic carbocycles. The predicted octanol–water partition coefficient (Wildman–Crippen LogP) is 0.308. The van der Waals surface area contributed by atoms with Crippen LogP contribution >= 0.6 is 12.2 Å². The van der Waals surface area contributed by atoms with Gasteiger partial charge in [0.2, 0.25) is 10.4 Å². The van der Waals surface area contributed by atoms with Crippen LogP contribution in [0.5, 0.6) is 0 Å². The highest BCUT2D eigenvalue weighted by atomic mass is 32.1. The van der Waals surface area contributed by atoms with Gasteiger partial charge in [0.15, 0.2) is 5.82 Å². The molecule has 0 aliphatic heterocycles. The molecule has 0 saturated heterocycles. The maximum atomic E-state index is 9.28. The summed E-state index contributed by atoms with van der Waals surface area (Å²) in [5.74, 6) is 0.234. The van der Waals surface area contributed by atoms with Crippen LogP contribution in [0.4, 0.5) is 5.82 Å². The number of anilines is 1. The Balaban J connectivity index is 3.07. The third-order valence-corrected chi connectivity index (χ3v) is 1.74. The fraction of sp³-hybridized carbons (Fsp3) is 0. The number of H-pyrrole nitrogens is 1. The van der Waals surface area contributed by atoms with E-state index in [1.165, 1.54) is 6.33 Å². The van der Waals surface area contributed by atoms with Crippen molar-refractivity contribution in [3.8, 4) is 0 Å². The molecule has 0 fully saturated rings. The van der Waals surface area contributed by atoms with E-state index in [0.717, 1.165) is 0 Å². The molecule has 0 aliphatic rings. The van der Waals surface area contributed by atoms with E-state index in [9.17, 15) is 5.21 Å². The molecular weight excluding hydrogens is 178 g/mol. The van der Waals surface area contributed by atoms with Crippen LogP contribution in [0.3, 0.4) is 0 Å². The van der Waals surface area contributed by atoms with Crippen LogP contribution in [0.1, 0.15) is 0 Å². The Morgan fingerprint density at radius 1 is 1.67 bits per heavy atom. The van der Waals surface area contributed by atoms with Gasteiger partial charge in [0.1, 0.15) is 5.52 Å². The minimum atomic E-state index is -0.00731. The molecule has 7 heteroatoms. The smallest absolute Gasteiger partial charge is 0.237 e.